The molecule has 1 aliphatic carbocycles. The number of rotatable bonds is 6. The Bertz CT molecular complexity index is 197. The van der Waals surface area contributed by atoms with Crippen molar-refractivity contribution in [3.8, 4) is 0 Å². The van der Waals surface area contributed by atoms with Crippen molar-refractivity contribution in [3.05, 3.63) is 0 Å². The number of nitrogens with one attached hydrogen (secondary N) is 1. The molecule has 0 aromatic heterocycles. The Hall–Kier alpha value is -0.160. The van der Waals surface area contributed by atoms with Gasteiger partial charge in [0.05, 0.1) is 18.2 Å². The van der Waals surface area contributed by atoms with Gasteiger partial charge in [-0.3, -0.25) is 11.3 Å². The molecule has 0 aromatic carbocycles. The number of hydrogen-bond donors (Lipinski definition) is 2. The van der Waals surface area contributed by atoms with Crippen LogP contribution < -0.4 is 11.3 Å². The van der Waals surface area contributed by atoms with Gasteiger partial charge in [0, 0.05) is 13.7 Å². The Labute approximate surface area is 98.8 Å². The van der Waals surface area contributed by atoms with E-state index in [0.717, 1.165) is 19.4 Å². The summed E-state index contributed by atoms with van der Waals surface area (Å²) in [5, 5.41) is 0. The fourth-order valence-corrected chi connectivity index (χ4v) is 2.90. The van der Waals surface area contributed by atoms with Crippen LogP contribution in [-0.2, 0) is 9.47 Å². The van der Waals surface area contributed by atoms with Gasteiger partial charge >= 0.3 is 0 Å². The highest BCUT2D eigenvalue weighted by molar-refractivity contribution is 4.96. The lowest BCUT2D eigenvalue weighted by atomic mass is 9.75. The molecule has 0 aromatic rings. The minimum absolute atomic E-state index is 0.0835. The maximum atomic E-state index is 6.02. The van der Waals surface area contributed by atoms with E-state index in [2.05, 4.69) is 12.3 Å². The molecule has 0 saturated heterocycles. The van der Waals surface area contributed by atoms with E-state index in [0.29, 0.717) is 12.5 Å². The summed E-state index contributed by atoms with van der Waals surface area (Å²) in [6, 6.07) is 0.0835. The third-order valence-corrected chi connectivity index (χ3v) is 3.59. The second-order valence-electron chi connectivity index (χ2n) is 4.87. The largest absolute Gasteiger partial charge is 0.383 e. The fourth-order valence-electron chi connectivity index (χ4n) is 2.90. The van der Waals surface area contributed by atoms with Gasteiger partial charge in [0.25, 0.3) is 0 Å². The van der Waals surface area contributed by atoms with Crippen LogP contribution in [0.1, 0.15) is 39.5 Å². The summed E-state index contributed by atoms with van der Waals surface area (Å²) < 4.78 is 11.3. The SMILES string of the molecule is CCOC1(C(COC)NN)CCCC(C)C1. The smallest absolute Gasteiger partial charge is 0.0873 e. The summed E-state index contributed by atoms with van der Waals surface area (Å²) in [5.74, 6) is 6.34. The highest BCUT2D eigenvalue weighted by Crippen LogP contribution is 2.37. The average Bonchev–Trinajstić information content (AvgIpc) is 2.26. The van der Waals surface area contributed by atoms with E-state index in [1.807, 2.05) is 6.92 Å². The van der Waals surface area contributed by atoms with Gasteiger partial charge in [-0.15, -0.1) is 0 Å². The Morgan fingerprint density at radius 2 is 2.31 bits per heavy atom. The highest BCUT2D eigenvalue weighted by Gasteiger charge is 2.42. The van der Waals surface area contributed by atoms with E-state index in [1.165, 1.54) is 12.8 Å². The van der Waals surface area contributed by atoms with Crippen LogP contribution in [0.3, 0.4) is 0 Å². The molecule has 0 spiro atoms. The summed E-state index contributed by atoms with van der Waals surface area (Å²) >= 11 is 0. The summed E-state index contributed by atoms with van der Waals surface area (Å²) in [6.07, 6.45) is 4.64. The molecule has 0 aliphatic heterocycles. The van der Waals surface area contributed by atoms with Crippen LogP contribution in [0.4, 0.5) is 0 Å². The summed E-state index contributed by atoms with van der Waals surface area (Å²) in [6.45, 7) is 5.66. The second-order valence-corrected chi connectivity index (χ2v) is 4.87. The van der Waals surface area contributed by atoms with Gasteiger partial charge in [-0.05, 0) is 25.7 Å². The fraction of sp³-hybridized carbons (Fsp3) is 1.00. The van der Waals surface area contributed by atoms with Crippen molar-refractivity contribution in [1.82, 2.24) is 5.43 Å². The molecule has 1 fully saturated rings. The molecule has 1 saturated carbocycles. The van der Waals surface area contributed by atoms with Gasteiger partial charge < -0.3 is 9.47 Å². The topological polar surface area (TPSA) is 56.5 Å². The third-order valence-electron chi connectivity index (χ3n) is 3.59. The molecule has 0 bridgehead atoms. The van der Waals surface area contributed by atoms with Gasteiger partial charge in [0.1, 0.15) is 0 Å². The molecule has 3 atom stereocenters. The first-order chi connectivity index (χ1) is 7.68. The lowest BCUT2D eigenvalue weighted by Crippen LogP contribution is -2.58. The zero-order chi connectivity index (χ0) is 12.0. The van der Waals surface area contributed by atoms with Gasteiger partial charge in [0.15, 0.2) is 0 Å². The number of nitrogens with two attached hydrogens (primary N) is 1. The van der Waals surface area contributed by atoms with Crippen LogP contribution in [-0.4, -0.2) is 32.0 Å². The molecule has 4 heteroatoms. The minimum atomic E-state index is -0.142. The molecule has 4 nitrogen and oxygen atoms in total. The molecule has 16 heavy (non-hydrogen) atoms. The van der Waals surface area contributed by atoms with Crippen molar-refractivity contribution in [2.24, 2.45) is 11.8 Å². The number of methoxy groups -OCH3 is 1. The van der Waals surface area contributed by atoms with Crippen molar-refractivity contribution >= 4 is 0 Å². The Kier molecular flexibility index (Phi) is 5.69. The molecule has 0 amide bonds. The van der Waals surface area contributed by atoms with E-state index >= 15 is 0 Å². The van der Waals surface area contributed by atoms with E-state index < -0.39 is 0 Å². The molecule has 0 heterocycles. The monoisotopic (exact) mass is 230 g/mol. The van der Waals surface area contributed by atoms with Gasteiger partial charge in [-0.25, -0.2) is 0 Å². The molecule has 3 N–H and O–H groups in total. The van der Waals surface area contributed by atoms with Crippen molar-refractivity contribution < 1.29 is 9.47 Å². The first-order valence-corrected chi connectivity index (χ1v) is 6.27. The summed E-state index contributed by atoms with van der Waals surface area (Å²) in [5.41, 5.74) is 2.73. The van der Waals surface area contributed by atoms with Crippen LogP contribution in [0.25, 0.3) is 0 Å². The minimum Gasteiger partial charge on any atom is -0.383 e. The predicted octanol–water partition coefficient (Wildman–Crippen LogP) is 1.45. The first-order valence-electron chi connectivity index (χ1n) is 6.27. The first kappa shape index (κ1) is 13.9. The van der Waals surface area contributed by atoms with Gasteiger partial charge in [-0.2, -0.15) is 0 Å². The van der Waals surface area contributed by atoms with Crippen LogP contribution in [0.2, 0.25) is 0 Å². The van der Waals surface area contributed by atoms with Crippen molar-refractivity contribution in [1.29, 1.82) is 0 Å². The maximum absolute atomic E-state index is 6.02. The van der Waals surface area contributed by atoms with E-state index in [4.69, 9.17) is 15.3 Å². The van der Waals surface area contributed by atoms with Crippen molar-refractivity contribution in [3.63, 3.8) is 0 Å². The Morgan fingerprint density at radius 3 is 2.81 bits per heavy atom. The standard InChI is InChI=1S/C12H26N2O2/c1-4-16-12(11(14-13)9-15-3)7-5-6-10(2)8-12/h10-11,14H,4-9,13H2,1-3H3. The van der Waals surface area contributed by atoms with Crippen molar-refractivity contribution in [2.75, 3.05) is 20.3 Å². The predicted molar refractivity (Wildman–Crippen MR) is 65.0 cm³/mol. The molecule has 0 radical (unpaired) electrons. The zero-order valence-corrected chi connectivity index (χ0v) is 10.8. The second kappa shape index (κ2) is 6.55. The highest BCUT2D eigenvalue weighted by atomic mass is 16.5. The third kappa shape index (κ3) is 3.17. The average molecular weight is 230 g/mol. The van der Waals surface area contributed by atoms with Crippen molar-refractivity contribution in [2.45, 2.75) is 51.2 Å². The molecule has 1 rings (SSSR count). The Morgan fingerprint density at radius 1 is 1.56 bits per heavy atom. The molecule has 96 valence electrons. The number of hydrazine groups is 1. The van der Waals surface area contributed by atoms with E-state index in [-0.39, 0.29) is 11.6 Å². The maximum Gasteiger partial charge on any atom is 0.0873 e. The van der Waals surface area contributed by atoms with E-state index in [9.17, 15) is 0 Å². The van der Waals surface area contributed by atoms with Crippen LogP contribution in [0, 0.1) is 5.92 Å². The van der Waals surface area contributed by atoms with Crippen LogP contribution in [0.5, 0.6) is 0 Å². The van der Waals surface area contributed by atoms with Crippen LogP contribution in [0.15, 0.2) is 0 Å². The quantitative estimate of drug-likeness (QED) is 0.535. The number of ether oxygens (including phenoxy) is 2. The normalized spacial score (nSPS) is 32.6. The van der Waals surface area contributed by atoms with E-state index in [1.54, 1.807) is 7.11 Å². The summed E-state index contributed by atoms with van der Waals surface area (Å²) in [7, 11) is 1.70. The Balaban J connectivity index is 2.75. The zero-order valence-electron chi connectivity index (χ0n) is 10.8. The van der Waals surface area contributed by atoms with Gasteiger partial charge in [-0.1, -0.05) is 19.8 Å². The lowest BCUT2D eigenvalue weighted by Gasteiger charge is -2.44. The molecular formula is C12H26N2O2. The van der Waals surface area contributed by atoms with Crippen LogP contribution >= 0.6 is 0 Å². The molecule has 1 aliphatic rings. The lowest BCUT2D eigenvalue weighted by molar-refractivity contribution is -0.112. The molecule has 3 unspecified atom stereocenters. The summed E-state index contributed by atoms with van der Waals surface area (Å²) in [4.78, 5) is 0. The molecular weight excluding hydrogens is 204 g/mol. The number of hydrogen-bond acceptors (Lipinski definition) is 4. The van der Waals surface area contributed by atoms with Gasteiger partial charge in [0.2, 0.25) is 0 Å².